The summed E-state index contributed by atoms with van der Waals surface area (Å²) in [6.07, 6.45) is 3.38. The molecule has 0 radical (unpaired) electrons. The second kappa shape index (κ2) is 34.6. The molecule has 78 heavy (non-hydrogen) atoms. The van der Waals surface area contributed by atoms with Crippen LogP contribution in [0.15, 0.2) is 48.5 Å². The Morgan fingerprint density at radius 2 is 0.577 bits per heavy atom. The Morgan fingerprint density at radius 1 is 0.333 bits per heavy atom. The number of carboxylic acids is 8. The molecule has 4 rings (SSSR count). The van der Waals surface area contributed by atoms with Crippen LogP contribution in [0, 0.1) is 0 Å². The molecular weight excluding hydrogens is 1020 g/mol. The van der Waals surface area contributed by atoms with Gasteiger partial charge in [0.1, 0.15) is 0 Å². The van der Waals surface area contributed by atoms with Gasteiger partial charge in [-0.25, -0.2) is 0 Å². The maximum absolute atomic E-state index is 12.2. The summed E-state index contributed by atoms with van der Waals surface area (Å²) in [5, 5.41) is 77.6. The zero-order chi connectivity index (χ0) is 57.0. The predicted octanol–water partition coefficient (Wildman–Crippen LogP) is 0.183. The van der Waals surface area contributed by atoms with Gasteiger partial charge in [0.15, 0.2) is 0 Å². The summed E-state index contributed by atoms with van der Waals surface area (Å²) < 4.78 is 11.9. The van der Waals surface area contributed by atoms with Crippen molar-refractivity contribution >= 4 is 47.8 Å². The Labute approximate surface area is 453 Å². The zero-order valence-corrected chi connectivity index (χ0v) is 44.2. The van der Waals surface area contributed by atoms with Gasteiger partial charge >= 0.3 is 47.8 Å². The van der Waals surface area contributed by atoms with Crippen molar-refractivity contribution in [1.29, 1.82) is 0 Å². The van der Waals surface area contributed by atoms with E-state index in [1.807, 2.05) is 48.5 Å². The molecule has 2 aromatic carbocycles. The molecule has 0 saturated carbocycles. The van der Waals surface area contributed by atoms with Crippen LogP contribution in [0.4, 0.5) is 0 Å². The van der Waals surface area contributed by atoms with Crippen molar-refractivity contribution in [3.05, 3.63) is 70.8 Å². The van der Waals surface area contributed by atoms with Crippen LogP contribution in [0.2, 0.25) is 0 Å². The molecule has 2 aliphatic rings. The zero-order valence-electron chi connectivity index (χ0n) is 44.2. The van der Waals surface area contributed by atoms with Crippen LogP contribution in [-0.4, -0.2) is 285 Å². The summed E-state index contributed by atoms with van der Waals surface area (Å²) in [6.45, 7) is 1.32. The molecule has 2 aliphatic heterocycles. The maximum atomic E-state index is 12.2. The van der Waals surface area contributed by atoms with Crippen LogP contribution >= 0.6 is 0 Å². The quantitative estimate of drug-likeness (QED) is 0.0504. The third-order valence-corrected chi connectivity index (χ3v) is 13.5. The highest BCUT2D eigenvalue weighted by Crippen LogP contribution is 2.26. The van der Waals surface area contributed by atoms with Gasteiger partial charge in [0.2, 0.25) is 0 Å². The third-order valence-electron chi connectivity index (χ3n) is 13.5. The minimum Gasteiger partial charge on any atom is -0.480 e. The average Bonchev–Trinajstić information content (AvgIpc) is 3.37. The number of carbonyl (C=O) groups is 8. The van der Waals surface area contributed by atoms with Crippen LogP contribution in [0.1, 0.15) is 60.0 Å². The molecule has 2 heterocycles. The second-order valence-corrected chi connectivity index (χ2v) is 19.7. The Kier molecular flexibility index (Phi) is 28.6. The van der Waals surface area contributed by atoms with Crippen molar-refractivity contribution in [1.82, 2.24) is 39.2 Å². The average molecular weight is 1100 g/mol. The van der Waals surface area contributed by atoms with Crippen molar-refractivity contribution in [2.75, 3.05) is 157 Å². The van der Waals surface area contributed by atoms with E-state index in [-0.39, 0.29) is 144 Å². The summed E-state index contributed by atoms with van der Waals surface area (Å²) in [4.78, 5) is 108. The fraction of sp³-hybridized carbons (Fsp3) is 0.615. The number of carboxylic acid groups (broad SMARTS) is 8. The number of rotatable bonds is 29. The molecule has 0 spiro atoms. The highest BCUT2D eigenvalue weighted by Gasteiger charge is 2.31. The van der Waals surface area contributed by atoms with Crippen LogP contribution < -0.4 is 0 Å². The van der Waals surface area contributed by atoms with Gasteiger partial charge in [-0.3, -0.25) is 77.6 Å². The van der Waals surface area contributed by atoms with Crippen molar-refractivity contribution in [3.8, 4) is 0 Å². The maximum Gasteiger partial charge on any atom is 0.317 e. The Hall–Kier alpha value is -6.20. The van der Waals surface area contributed by atoms with E-state index in [0.29, 0.717) is 26.4 Å². The lowest BCUT2D eigenvalue weighted by atomic mass is 10.0. The molecule has 26 nitrogen and oxygen atoms in total. The van der Waals surface area contributed by atoms with Crippen LogP contribution in [-0.2, 0) is 61.0 Å². The lowest BCUT2D eigenvalue weighted by molar-refractivity contribution is -0.142. The van der Waals surface area contributed by atoms with Gasteiger partial charge in [0.25, 0.3) is 0 Å². The third kappa shape index (κ3) is 26.0. The van der Waals surface area contributed by atoms with E-state index in [1.165, 1.54) is 0 Å². The first-order valence-electron chi connectivity index (χ1n) is 26.1. The van der Waals surface area contributed by atoms with Gasteiger partial charge in [0.05, 0.1) is 65.6 Å². The standard InChI is InChI=1S/C52H78N8O18/c61-45(62)29-53-13-15-55(31-47(65)66)21-23-59(35-51(73)74)43(27-57(19-17-53)33-49(69)70)41-9-5-39(6-10-41)37-77-25-3-1-2-4-26-78-38-40-7-11-42(12-8-40)44-28-58(34-50(71)72)20-18-54(30-46(63)64)14-16-56(32-48(67)68)22-24-60(44)36-52(75)76/h5-12,43-44H,1-4,13-38H2,(H,61,62)(H,63,64)(H,65,66)(H,67,68)(H,69,70)(H,71,72)(H,73,74)(H,75,76). The minimum absolute atomic E-state index is 0.114. The summed E-state index contributed by atoms with van der Waals surface area (Å²) >= 11 is 0. The molecule has 2 saturated heterocycles. The minimum atomic E-state index is -1.11. The van der Waals surface area contributed by atoms with E-state index >= 15 is 0 Å². The topological polar surface area (TPSA) is 343 Å². The van der Waals surface area contributed by atoms with Gasteiger partial charge in [-0.2, -0.15) is 0 Å². The molecule has 2 fully saturated rings. The molecule has 8 N–H and O–H groups in total. The fourth-order valence-corrected chi connectivity index (χ4v) is 9.57. The largest absolute Gasteiger partial charge is 0.480 e. The molecular formula is C52H78N8O18. The van der Waals surface area contributed by atoms with Crippen LogP contribution in [0.5, 0.6) is 0 Å². The molecule has 2 aromatic rings. The number of unbranched alkanes of at least 4 members (excludes halogenated alkanes) is 3. The van der Waals surface area contributed by atoms with Gasteiger partial charge < -0.3 is 50.3 Å². The second-order valence-electron chi connectivity index (χ2n) is 19.7. The Balaban J connectivity index is 1.30. The summed E-state index contributed by atoms with van der Waals surface area (Å²) in [6, 6.07) is 13.7. The monoisotopic (exact) mass is 1100 g/mol. The number of hydrogen-bond acceptors (Lipinski definition) is 18. The lowest BCUT2D eigenvalue weighted by Gasteiger charge is -2.37. The van der Waals surface area contributed by atoms with E-state index in [0.717, 1.165) is 47.9 Å². The van der Waals surface area contributed by atoms with E-state index in [9.17, 15) is 79.2 Å². The van der Waals surface area contributed by atoms with Gasteiger partial charge in [-0.1, -0.05) is 61.4 Å². The number of benzene rings is 2. The Bertz CT molecular complexity index is 2070. The van der Waals surface area contributed by atoms with Gasteiger partial charge in [-0.05, 0) is 35.1 Å². The normalized spacial score (nSPS) is 19.4. The highest BCUT2D eigenvalue weighted by atomic mass is 16.5. The van der Waals surface area contributed by atoms with Gasteiger partial charge in [0, 0.05) is 117 Å². The van der Waals surface area contributed by atoms with E-state index in [4.69, 9.17) is 9.47 Å². The molecule has 0 bridgehead atoms. The first-order chi connectivity index (χ1) is 37.2. The van der Waals surface area contributed by atoms with Crippen molar-refractivity contribution in [2.45, 2.75) is 51.0 Å². The van der Waals surface area contributed by atoms with Crippen molar-refractivity contribution < 1.29 is 88.7 Å². The highest BCUT2D eigenvalue weighted by molar-refractivity contribution is 5.72. The van der Waals surface area contributed by atoms with Crippen LogP contribution in [0.3, 0.4) is 0 Å². The van der Waals surface area contributed by atoms with Crippen molar-refractivity contribution in [3.63, 3.8) is 0 Å². The number of aliphatic carboxylic acids is 8. The number of hydrogen-bond donors (Lipinski definition) is 8. The molecule has 26 heteroatoms. The summed E-state index contributed by atoms with van der Waals surface area (Å²) in [5.74, 6) is -8.71. The smallest absolute Gasteiger partial charge is 0.317 e. The molecule has 0 aliphatic carbocycles. The summed E-state index contributed by atoms with van der Waals surface area (Å²) in [7, 11) is 0. The van der Waals surface area contributed by atoms with E-state index < -0.39 is 59.8 Å². The predicted molar refractivity (Wildman–Crippen MR) is 279 cm³/mol. The fourth-order valence-electron chi connectivity index (χ4n) is 9.57. The SMILES string of the molecule is O=C(O)CN1CCN(CC(=O)O)CCN(CC(=O)O)C(c2ccc(COCCCCCCOCc3ccc(C4CN(CC(=O)O)CCN(CC(=O)O)CCN(CC(=O)O)CCN4CC(=O)O)cc3)cc2)CN(CC(=O)O)CC1. The van der Waals surface area contributed by atoms with E-state index in [2.05, 4.69) is 0 Å². The van der Waals surface area contributed by atoms with Crippen LogP contribution in [0.25, 0.3) is 0 Å². The molecule has 434 valence electrons. The summed E-state index contributed by atoms with van der Waals surface area (Å²) in [5.41, 5.74) is 3.18. The molecule has 2 unspecified atom stereocenters. The molecule has 0 aromatic heterocycles. The molecule has 0 amide bonds. The van der Waals surface area contributed by atoms with Crippen molar-refractivity contribution in [2.24, 2.45) is 0 Å². The number of nitrogens with zero attached hydrogens (tertiary/aromatic N) is 8. The van der Waals surface area contributed by atoms with Gasteiger partial charge in [-0.15, -0.1) is 0 Å². The number of ether oxygens (including phenoxy) is 2. The molecule has 2 atom stereocenters. The first kappa shape index (κ1) is 64.3. The first-order valence-corrected chi connectivity index (χ1v) is 26.1. The van der Waals surface area contributed by atoms with E-state index in [1.54, 1.807) is 39.2 Å². The lowest BCUT2D eigenvalue weighted by Crippen LogP contribution is -2.50. The Morgan fingerprint density at radius 3 is 0.846 bits per heavy atom.